The lowest BCUT2D eigenvalue weighted by atomic mass is 9.93. The molecule has 104 valence electrons. The molecule has 4 aromatic rings. The van der Waals surface area contributed by atoms with E-state index in [2.05, 4.69) is 68.3 Å². The van der Waals surface area contributed by atoms with Crippen molar-refractivity contribution in [3.63, 3.8) is 0 Å². The van der Waals surface area contributed by atoms with Crippen molar-refractivity contribution >= 4 is 69.9 Å². The second kappa shape index (κ2) is 4.49. The summed E-state index contributed by atoms with van der Waals surface area (Å²) in [5.74, 6) is 0.722. The molecule has 4 aromatic carbocycles. The van der Waals surface area contributed by atoms with E-state index in [4.69, 9.17) is 10.5 Å². The smallest absolute Gasteiger partial charge is 0.150 e. The maximum atomic E-state index is 6.24. The number of anilines is 1. The van der Waals surface area contributed by atoms with E-state index in [1.807, 2.05) is 0 Å². The van der Waals surface area contributed by atoms with E-state index in [-0.39, 0.29) is 0 Å². The van der Waals surface area contributed by atoms with Gasteiger partial charge in [-0.05, 0) is 44.2 Å². The summed E-state index contributed by atoms with van der Waals surface area (Å²) in [5, 5.41) is 6.97. The SMILES string of the molecule is COc1c(N)c(Br)c2c(Br)cc3cccc4ccc1c2c43. The summed E-state index contributed by atoms with van der Waals surface area (Å²) in [5.41, 5.74) is 6.87. The van der Waals surface area contributed by atoms with Crippen LogP contribution in [0.2, 0.25) is 0 Å². The summed E-state index contributed by atoms with van der Waals surface area (Å²) >= 11 is 7.31. The van der Waals surface area contributed by atoms with E-state index in [9.17, 15) is 0 Å². The summed E-state index contributed by atoms with van der Waals surface area (Å²) in [6.45, 7) is 0. The minimum atomic E-state index is 0.629. The molecule has 0 aliphatic rings. The van der Waals surface area contributed by atoms with E-state index < -0.39 is 0 Å². The zero-order valence-electron chi connectivity index (χ0n) is 11.2. The molecule has 4 rings (SSSR count). The summed E-state index contributed by atoms with van der Waals surface area (Å²) in [4.78, 5) is 0. The fraction of sp³-hybridized carbons (Fsp3) is 0.0588. The molecule has 0 heterocycles. The van der Waals surface area contributed by atoms with Crippen molar-refractivity contribution in [2.24, 2.45) is 0 Å². The van der Waals surface area contributed by atoms with Crippen molar-refractivity contribution < 1.29 is 4.74 Å². The van der Waals surface area contributed by atoms with Gasteiger partial charge in [-0.25, -0.2) is 0 Å². The number of rotatable bonds is 1. The average Bonchev–Trinajstić information content (AvgIpc) is 2.48. The minimum Gasteiger partial charge on any atom is -0.494 e. The lowest BCUT2D eigenvalue weighted by Crippen LogP contribution is -1.97. The third-order valence-electron chi connectivity index (χ3n) is 4.00. The summed E-state index contributed by atoms with van der Waals surface area (Å²) in [6.07, 6.45) is 0. The third-order valence-corrected chi connectivity index (χ3v) is 5.45. The quantitative estimate of drug-likeness (QED) is 0.326. The third kappa shape index (κ3) is 1.63. The van der Waals surface area contributed by atoms with Gasteiger partial charge in [-0.1, -0.05) is 40.2 Å². The molecule has 0 bridgehead atoms. The molecule has 4 heteroatoms. The standard InChI is InChI=1S/C17H11Br2NO/c1-21-17-10-6-5-8-3-2-4-9-7-11(18)14(13(10)12(8)9)15(19)16(17)20/h2-7H,20H2,1H3. The fourth-order valence-electron chi connectivity index (χ4n) is 3.12. The fourth-order valence-corrected chi connectivity index (χ4v) is 4.62. The van der Waals surface area contributed by atoms with E-state index in [1.165, 1.54) is 21.5 Å². The van der Waals surface area contributed by atoms with E-state index >= 15 is 0 Å². The van der Waals surface area contributed by atoms with Crippen LogP contribution in [0, 0.1) is 0 Å². The monoisotopic (exact) mass is 403 g/mol. The highest BCUT2D eigenvalue weighted by molar-refractivity contribution is 9.11. The molecule has 0 amide bonds. The topological polar surface area (TPSA) is 35.2 Å². The lowest BCUT2D eigenvalue weighted by molar-refractivity contribution is 0.422. The second-order valence-corrected chi connectivity index (χ2v) is 6.71. The first-order chi connectivity index (χ1) is 10.1. The highest BCUT2D eigenvalue weighted by atomic mass is 79.9. The van der Waals surface area contributed by atoms with Crippen LogP contribution in [-0.4, -0.2) is 7.11 Å². The number of halogens is 2. The molecule has 2 N–H and O–H groups in total. The number of ether oxygens (including phenoxy) is 1. The predicted octanol–water partition coefficient (Wildman–Crippen LogP) is 5.70. The first kappa shape index (κ1) is 13.2. The zero-order chi connectivity index (χ0) is 14.7. The van der Waals surface area contributed by atoms with E-state index in [0.29, 0.717) is 5.69 Å². The van der Waals surface area contributed by atoms with Gasteiger partial charge in [0.15, 0.2) is 5.75 Å². The van der Waals surface area contributed by atoms with Gasteiger partial charge in [-0.15, -0.1) is 0 Å². The molecule has 0 unspecified atom stereocenters. The van der Waals surface area contributed by atoms with E-state index in [1.54, 1.807) is 7.11 Å². The van der Waals surface area contributed by atoms with Crippen LogP contribution < -0.4 is 10.5 Å². The van der Waals surface area contributed by atoms with Crippen molar-refractivity contribution in [1.29, 1.82) is 0 Å². The van der Waals surface area contributed by atoms with Crippen molar-refractivity contribution in [2.75, 3.05) is 12.8 Å². The van der Waals surface area contributed by atoms with Crippen LogP contribution in [0.5, 0.6) is 5.75 Å². The van der Waals surface area contributed by atoms with Crippen LogP contribution in [0.25, 0.3) is 32.3 Å². The number of nitrogen functional groups attached to an aromatic ring is 1. The highest BCUT2D eigenvalue weighted by Gasteiger charge is 2.19. The van der Waals surface area contributed by atoms with Gasteiger partial charge in [-0.2, -0.15) is 0 Å². The molecular formula is C17H11Br2NO. The lowest BCUT2D eigenvalue weighted by Gasteiger charge is -2.18. The summed E-state index contributed by atoms with van der Waals surface area (Å²) < 4.78 is 7.45. The van der Waals surface area contributed by atoms with Crippen LogP contribution >= 0.6 is 31.9 Å². The first-order valence-electron chi connectivity index (χ1n) is 6.51. The highest BCUT2D eigenvalue weighted by Crippen LogP contribution is 2.48. The molecule has 2 nitrogen and oxygen atoms in total. The molecule has 21 heavy (non-hydrogen) atoms. The van der Waals surface area contributed by atoms with Crippen molar-refractivity contribution in [3.05, 3.63) is 45.3 Å². The molecule has 0 saturated heterocycles. The minimum absolute atomic E-state index is 0.629. The van der Waals surface area contributed by atoms with E-state index in [0.717, 1.165) is 25.5 Å². The predicted molar refractivity (Wildman–Crippen MR) is 96.5 cm³/mol. The van der Waals surface area contributed by atoms with Gasteiger partial charge in [0.05, 0.1) is 17.3 Å². The van der Waals surface area contributed by atoms with Gasteiger partial charge >= 0.3 is 0 Å². The average molecular weight is 405 g/mol. The molecule has 0 aliphatic heterocycles. The molecule has 0 aromatic heterocycles. The van der Waals surface area contributed by atoms with Crippen LogP contribution in [0.15, 0.2) is 45.3 Å². The van der Waals surface area contributed by atoms with Gasteiger partial charge in [-0.3, -0.25) is 0 Å². The van der Waals surface area contributed by atoms with Crippen molar-refractivity contribution in [2.45, 2.75) is 0 Å². The molecule has 0 radical (unpaired) electrons. The van der Waals surface area contributed by atoms with Gasteiger partial charge in [0, 0.05) is 20.6 Å². The number of hydrogen-bond donors (Lipinski definition) is 1. The Morgan fingerprint density at radius 2 is 1.71 bits per heavy atom. The van der Waals surface area contributed by atoms with Crippen LogP contribution in [0.1, 0.15) is 0 Å². The Morgan fingerprint density at radius 3 is 2.48 bits per heavy atom. The van der Waals surface area contributed by atoms with Crippen LogP contribution in [0.3, 0.4) is 0 Å². The Morgan fingerprint density at radius 1 is 0.952 bits per heavy atom. The Kier molecular flexibility index (Phi) is 2.81. The molecule has 0 fully saturated rings. The van der Waals surface area contributed by atoms with Gasteiger partial charge < -0.3 is 10.5 Å². The molecule has 0 spiro atoms. The Hall–Kier alpha value is -1.52. The van der Waals surface area contributed by atoms with Gasteiger partial charge in [0.2, 0.25) is 0 Å². The Labute approximate surface area is 138 Å². The largest absolute Gasteiger partial charge is 0.494 e. The first-order valence-corrected chi connectivity index (χ1v) is 8.10. The second-order valence-electron chi connectivity index (χ2n) is 5.06. The zero-order valence-corrected chi connectivity index (χ0v) is 14.4. The Bertz CT molecular complexity index is 1010. The number of methoxy groups -OCH3 is 1. The number of hydrogen-bond acceptors (Lipinski definition) is 2. The van der Waals surface area contributed by atoms with Crippen molar-refractivity contribution in [1.82, 2.24) is 0 Å². The number of benzene rings is 4. The van der Waals surface area contributed by atoms with Crippen LogP contribution in [-0.2, 0) is 0 Å². The normalized spacial score (nSPS) is 11.8. The molecule has 0 aliphatic carbocycles. The summed E-state index contributed by atoms with van der Waals surface area (Å²) in [7, 11) is 1.66. The molecular weight excluding hydrogens is 394 g/mol. The Balaban J connectivity index is 2.46. The van der Waals surface area contributed by atoms with Gasteiger partial charge in [0.1, 0.15) is 0 Å². The summed E-state index contributed by atoms with van der Waals surface area (Å²) in [6, 6.07) is 12.7. The molecule has 0 atom stereocenters. The van der Waals surface area contributed by atoms with Gasteiger partial charge in [0.25, 0.3) is 0 Å². The maximum absolute atomic E-state index is 6.24. The van der Waals surface area contributed by atoms with Crippen LogP contribution in [0.4, 0.5) is 5.69 Å². The van der Waals surface area contributed by atoms with Crippen molar-refractivity contribution in [3.8, 4) is 5.75 Å². The molecule has 0 saturated carbocycles. The number of nitrogens with two attached hydrogens (primary N) is 1. The maximum Gasteiger partial charge on any atom is 0.150 e.